The van der Waals surface area contributed by atoms with Gasteiger partial charge >= 0.3 is 0 Å². The molecule has 6 nitrogen and oxygen atoms in total. The van der Waals surface area contributed by atoms with Gasteiger partial charge in [0.15, 0.2) is 11.5 Å². The molecule has 0 bridgehead atoms. The number of piperazine rings is 1. The highest BCUT2D eigenvalue weighted by Crippen LogP contribution is 2.38. The van der Waals surface area contributed by atoms with Gasteiger partial charge < -0.3 is 19.1 Å². The number of carbonyl (C=O) groups is 1. The zero-order valence-corrected chi connectivity index (χ0v) is 16.8. The van der Waals surface area contributed by atoms with Crippen LogP contribution in [0.15, 0.2) is 12.1 Å². The second kappa shape index (κ2) is 9.31. The highest BCUT2D eigenvalue weighted by atomic mass is 16.5. The summed E-state index contributed by atoms with van der Waals surface area (Å²) in [5, 5.41) is 0. The van der Waals surface area contributed by atoms with Crippen molar-refractivity contribution in [2.24, 2.45) is 0 Å². The van der Waals surface area contributed by atoms with E-state index < -0.39 is 0 Å². The number of hydrogen-bond donors (Lipinski definition) is 0. The standard InChI is InChI=1S/C21H32N2O4/c1-25-18-14-16(15-19(26-2)20(18)27-3)21(24)23-12-10-22(11-13-23)17-8-6-4-5-7-9-17/h14-15,17H,4-13H2,1-3H3. The molecule has 2 aliphatic rings. The lowest BCUT2D eigenvalue weighted by atomic mass is 10.1. The molecule has 1 aliphatic heterocycles. The number of nitrogens with zero attached hydrogens (tertiary/aromatic N) is 2. The van der Waals surface area contributed by atoms with Gasteiger partial charge in [0.05, 0.1) is 21.3 Å². The molecule has 0 aromatic heterocycles. The Morgan fingerprint density at radius 1 is 0.852 bits per heavy atom. The number of amides is 1. The lowest BCUT2D eigenvalue weighted by Gasteiger charge is -2.39. The summed E-state index contributed by atoms with van der Waals surface area (Å²) in [5.74, 6) is 1.55. The summed E-state index contributed by atoms with van der Waals surface area (Å²) in [7, 11) is 4.70. The Bertz CT molecular complexity index is 608. The van der Waals surface area contributed by atoms with Gasteiger partial charge in [-0.05, 0) is 25.0 Å². The van der Waals surface area contributed by atoms with Crippen molar-refractivity contribution in [3.05, 3.63) is 17.7 Å². The van der Waals surface area contributed by atoms with Gasteiger partial charge in [0, 0.05) is 37.8 Å². The third-order valence-corrected chi connectivity index (χ3v) is 5.85. The van der Waals surface area contributed by atoms with Crippen molar-refractivity contribution in [1.82, 2.24) is 9.80 Å². The van der Waals surface area contributed by atoms with E-state index in [-0.39, 0.29) is 5.91 Å². The van der Waals surface area contributed by atoms with Crippen LogP contribution in [0.5, 0.6) is 17.2 Å². The van der Waals surface area contributed by atoms with Crippen LogP contribution in [0.3, 0.4) is 0 Å². The molecule has 1 aromatic rings. The molecule has 0 atom stereocenters. The molecule has 1 saturated heterocycles. The number of benzene rings is 1. The number of hydrogen-bond acceptors (Lipinski definition) is 5. The molecule has 1 aromatic carbocycles. The van der Waals surface area contributed by atoms with Crippen LogP contribution >= 0.6 is 0 Å². The lowest BCUT2D eigenvalue weighted by Crippen LogP contribution is -2.51. The van der Waals surface area contributed by atoms with Crippen LogP contribution in [-0.4, -0.2) is 69.3 Å². The van der Waals surface area contributed by atoms with Gasteiger partial charge in [0.25, 0.3) is 5.91 Å². The largest absolute Gasteiger partial charge is 0.493 e. The number of carbonyl (C=O) groups excluding carboxylic acids is 1. The third-order valence-electron chi connectivity index (χ3n) is 5.85. The molecule has 0 N–H and O–H groups in total. The van der Waals surface area contributed by atoms with Gasteiger partial charge in [-0.2, -0.15) is 0 Å². The Balaban J connectivity index is 1.67. The first-order valence-corrected chi connectivity index (χ1v) is 10.0. The van der Waals surface area contributed by atoms with E-state index in [1.54, 1.807) is 33.5 Å². The van der Waals surface area contributed by atoms with Crippen LogP contribution in [0.4, 0.5) is 0 Å². The van der Waals surface area contributed by atoms with Crippen molar-refractivity contribution in [3.8, 4) is 17.2 Å². The quantitative estimate of drug-likeness (QED) is 0.739. The fraction of sp³-hybridized carbons (Fsp3) is 0.667. The molecule has 0 radical (unpaired) electrons. The van der Waals surface area contributed by atoms with Gasteiger partial charge in [-0.25, -0.2) is 0 Å². The smallest absolute Gasteiger partial charge is 0.254 e. The van der Waals surface area contributed by atoms with Gasteiger partial charge in [0.1, 0.15) is 0 Å². The minimum atomic E-state index is 0.0229. The summed E-state index contributed by atoms with van der Waals surface area (Å²) < 4.78 is 16.1. The summed E-state index contributed by atoms with van der Waals surface area (Å²) in [4.78, 5) is 17.6. The predicted octanol–water partition coefficient (Wildman–Crippen LogP) is 3.19. The molecule has 6 heteroatoms. The van der Waals surface area contributed by atoms with E-state index in [0.717, 1.165) is 26.2 Å². The van der Waals surface area contributed by atoms with E-state index in [1.165, 1.54) is 38.5 Å². The highest BCUT2D eigenvalue weighted by molar-refractivity contribution is 5.95. The zero-order chi connectivity index (χ0) is 19.2. The van der Waals surface area contributed by atoms with Crippen molar-refractivity contribution in [3.63, 3.8) is 0 Å². The van der Waals surface area contributed by atoms with Crippen molar-refractivity contribution >= 4 is 5.91 Å². The molecule has 1 aliphatic carbocycles. The molecule has 0 spiro atoms. The SMILES string of the molecule is COc1cc(C(=O)N2CCN(C3CCCCCC3)CC2)cc(OC)c1OC. The Hall–Kier alpha value is -1.95. The Morgan fingerprint density at radius 3 is 1.89 bits per heavy atom. The molecular weight excluding hydrogens is 344 g/mol. The average Bonchev–Trinajstić information content (AvgIpc) is 3.01. The van der Waals surface area contributed by atoms with Gasteiger partial charge in [0.2, 0.25) is 5.75 Å². The van der Waals surface area contributed by atoms with Crippen LogP contribution in [0.1, 0.15) is 48.9 Å². The summed E-state index contributed by atoms with van der Waals surface area (Å²) in [6.07, 6.45) is 8.04. The second-order valence-electron chi connectivity index (χ2n) is 7.39. The first-order valence-electron chi connectivity index (χ1n) is 10.0. The summed E-state index contributed by atoms with van der Waals surface area (Å²) in [6, 6.07) is 4.17. The van der Waals surface area contributed by atoms with E-state index in [2.05, 4.69) is 4.90 Å². The Morgan fingerprint density at radius 2 is 1.41 bits per heavy atom. The van der Waals surface area contributed by atoms with Crippen molar-refractivity contribution in [2.75, 3.05) is 47.5 Å². The lowest BCUT2D eigenvalue weighted by molar-refractivity contribution is 0.0551. The third kappa shape index (κ3) is 4.49. The summed E-state index contributed by atoms with van der Waals surface area (Å²) in [5.41, 5.74) is 0.576. The van der Waals surface area contributed by atoms with Gasteiger partial charge in [-0.15, -0.1) is 0 Å². The minimum absolute atomic E-state index is 0.0229. The predicted molar refractivity (Wildman–Crippen MR) is 105 cm³/mol. The van der Waals surface area contributed by atoms with Crippen molar-refractivity contribution in [1.29, 1.82) is 0 Å². The van der Waals surface area contributed by atoms with E-state index in [0.29, 0.717) is 28.9 Å². The molecule has 3 rings (SSSR count). The number of ether oxygens (including phenoxy) is 3. The van der Waals surface area contributed by atoms with Crippen LogP contribution in [0.25, 0.3) is 0 Å². The van der Waals surface area contributed by atoms with Crippen LogP contribution in [0, 0.1) is 0 Å². The normalized spacial score (nSPS) is 19.4. The Kier molecular flexibility index (Phi) is 6.83. The monoisotopic (exact) mass is 376 g/mol. The summed E-state index contributed by atoms with van der Waals surface area (Å²) >= 11 is 0. The van der Waals surface area contributed by atoms with Crippen LogP contribution in [-0.2, 0) is 0 Å². The van der Waals surface area contributed by atoms with Crippen molar-refractivity contribution in [2.45, 2.75) is 44.6 Å². The maximum Gasteiger partial charge on any atom is 0.254 e. The van der Waals surface area contributed by atoms with Crippen LogP contribution < -0.4 is 14.2 Å². The first kappa shape index (κ1) is 19.8. The fourth-order valence-electron chi connectivity index (χ4n) is 4.30. The number of rotatable bonds is 5. The number of methoxy groups -OCH3 is 3. The molecule has 0 unspecified atom stereocenters. The van der Waals surface area contributed by atoms with E-state index in [1.807, 2.05) is 4.90 Å². The Labute approximate surface area is 162 Å². The topological polar surface area (TPSA) is 51.2 Å². The van der Waals surface area contributed by atoms with E-state index in [9.17, 15) is 4.79 Å². The highest BCUT2D eigenvalue weighted by Gasteiger charge is 2.28. The average molecular weight is 376 g/mol. The molecule has 1 amide bonds. The van der Waals surface area contributed by atoms with E-state index in [4.69, 9.17) is 14.2 Å². The zero-order valence-electron chi connectivity index (χ0n) is 16.8. The fourth-order valence-corrected chi connectivity index (χ4v) is 4.30. The molecule has 27 heavy (non-hydrogen) atoms. The maximum atomic E-state index is 13.0. The van der Waals surface area contributed by atoms with Crippen LogP contribution in [0.2, 0.25) is 0 Å². The molecule has 150 valence electrons. The van der Waals surface area contributed by atoms with Crippen molar-refractivity contribution < 1.29 is 19.0 Å². The van der Waals surface area contributed by atoms with Gasteiger partial charge in [-0.3, -0.25) is 9.69 Å². The minimum Gasteiger partial charge on any atom is -0.493 e. The molecular formula is C21H32N2O4. The molecule has 1 saturated carbocycles. The molecule has 2 fully saturated rings. The first-order chi connectivity index (χ1) is 13.2. The van der Waals surface area contributed by atoms with E-state index >= 15 is 0 Å². The second-order valence-corrected chi connectivity index (χ2v) is 7.39. The molecule has 1 heterocycles. The summed E-state index contributed by atoms with van der Waals surface area (Å²) in [6.45, 7) is 3.46. The van der Waals surface area contributed by atoms with Gasteiger partial charge in [-0.1, -0.05) is 25.7 Å². The maximum absolute atomic E-state index is 13.0.